The molecule has 166 valence electrons. The lowest BCUT2D eigenvalue weighted by Crippen LogP contribution is -2.42. The summed E-state index contributed by atoms with van der Waals surface area (Å²) >= 11 is 0. The van der Waals surface area contributed by atoms with E-state index >= 15 is 0 Å². The molecule has 0 aromatic carbocycles. The van der Waals surface area contributed by atoms with Crippen molar-refractivity contribution in [3.63, 3.8) is 0 Å². The number of rotatable bonds is 4. The third-order valence-electron chi connectivity index (χ3n) is 5.09. The lowest BCUT2D eigenvalue weighted by molar-refractivity contribution is 0.144. The summed E-state index contributed by atoms with van der Waals surface area (Å²) in [4.78, 5) is 10.4. The summed E-state index contributed by atoms with van der Waals surface area (Å²) in [5.41, 5.74) is 0.342. The van der Waals surface area contributed by atoms with Crippen LogP contribution in [0.3, 0.4) is 0 Å². The van der Waals surface area contributed by atoms with Gasteiger partial charge in [-0.25, -0.2) is 32.0 Å². The Morgan fingerprint density at radius 1 is 1.19 bits per heavy atom. The quantitative estimate of drug-likeness (QED) is 0.602. The Morgan fingerprint density at radius 3 is 2.68 bits per heavy atom. The van der Waals surface area contributed by atoms with Crippen molar-refractivity contribution in [1.29, 1.82) is 0 Å². The van der Waals surface area contributed by atoms with E-state index in [9.17, 15) is 17.4 Å². The molecule has 3 aromatic heterocycles. The highest BCUT2D eigenvalue weighted by Crippen LogP contribution is 2.30. The molecule has 4 heterocycles. The number of halogens is 3. The molecule has 0 radical (unpaired) electrons. The summed E-state index contributed by atoms with van der Waals surface area (Å²) in [5, 5.41) is 3.92. The Morgan fingerprint density at radius 2 is 1.97 bits per heavy atom. The maximum absolute atomic E-state index is 14.7. The predicted molar refractivity (Wildman–Crippen MR) is 113 cm³/mol. The standard InChI is InChI=1S/C20H23F3N6OS/c1-12-6-13(27-31(2,3)30)11-28(10-12)19-7-14(15(21)8-24-19)17-9-25-18-5-4-16(20(22)23)26-29(17)18/h4-5,7-9,12-13,20H,6,10-11H2,1-3H3. The van der Waals surface area contributed by atoms with Gasteiger partial charge in [-0.3, -0.25) is 4.21 Å². The fourth-order valence-corrected chi connectivity index (χ4v) is 4.80. The Kier molecular flexibility index (Phi) is 5.63. The van der Waals surface area contributed by atoms with E-state index in [4.69, 9.17) is 0 Å². The lowest BCUT2D eigenvalue weighted by Gasteiger charge is -2.35. The molecule has 0 N–H and O–H groups in total. The van der Waals surface area contributed by atoms with Crippen molar-refractivity contribution in [2.75, 3.05) is 30.5 Å². The van der Waals surface area contributed by atoms with E-state index in [1.54, 1.807) is 18.6 Å². The Bertz CT molecular complexity index is 1230. The van der Waals surface area contributed by atoms with Crippen LogP contribution in [-0.4, -0.2) is 55.4 Å². The number of alkyl halides is 2. The minimum absolute atomic E-state index is 0.118. The van der Waals surface area contributed by atoms with Crippen molar-refractivity contribution in [2.24, 2.45) is 10.3 Å². The number of hydrogen-bond acceptors (Lipinski definition) is 6. The minimum Gasteiger partial charge on any atom is -0.354 e. The van der Waals surface area contributed by atoms with Gasteiger partial charge in [-0.1, -0.05) is 6.92 Å². The highest BCUT2D eigenvalue weighted by atomic mass is 32.2. The van der Waals surface area contributed by atoms with Crippen LogP contribution in [0.25, 0.3) is 16.9 Å². The molecule has 0 spiro atoms. The van der Waals surface area contributed by atoms with Gasteiger partial charge in [-0.05, 0) is 30.5 Å². The smallest absolute Gasteiger partial charge is 0.282 e. The molecule has 2 unspecified atom stereocenters. The molecule has 1 saturated heterocycles. The minimum atomic E-state index is -2.75. The van der Waals surface area contributed by atoms with Crippen molar-refractivity contribution < 1.29 is 17.4 Å². The summed E-state index contributed by atoms with van der Waals surface area (Å²) in [7, 11) is -2.25. The molecule has 2 atom stereocenters. The summed E-state index contributed by atoms with van der Waals surface area (Å²) in [6, 6.07) is 4.07. The second-order valence-electron chi connectivity index (χ2n) is 8.18. The van der Waals surface area contributed by atoms with Crippen LogP contribution in [0.5, 0.6) is 0 Å². The predicted octanol–water partition coefficient (Wildman–Crippen LogP) is 3.81. The first-order valence-corrected chi connectivity index (χ1v) is 12.1. The zero-order valence-electron chi connectivity index (χ0n) is 17.4. The molecule has 7 nitrogen and oxygen atoms in total. The summed E-state index contributed by atoms with van der Waals surface area (Å²) in [6.07, 6.45) is 3.79. The van der Waals surface area contributed by atoms with Gasteiger partial charge in [0.2, 0.25) is 0 Å². The maximum atomic E-state index is 14.7. The number of fused-ring (bicyclic) bond motifs is 1. The van der Waals surface area contributed by atoms with E-state index < -0.39 is 27.7 Å². The van der Waals surface area contributed by atoms with Gasteiger partial charge in [-0.15, -0.1) is 0 Å². The Labute approximate surface area is 178 Å². The van der Waals surface area contributed by atoms with Crippen molar-refractivity contribution in [1.82, 2.24) is 19.6 Å². The first-order valence-electron chi connectivity index (χ1n) is 9.80. The average Bonchev–Trinajstić information content (AvgIpc) is 3.09. The van der Waals surface area contributed by atoms with Gasteiger partial charge in [0.05, 0.1) is 24.1 Å². The first-order chi connectivity index (χ1) is 14.6. The second kappa shape index (κ2) is 8.10. The number of hydrogen-bond donors (Lipinski definition) is 0. The molecule has 1 aliphatic rings. The van der Waals surface area contributed by atoms with Gasteiger partial charge < -0.3 is 4.90 Å². The van der Waals surface area contributed by atoms with Gasteiger partial charge in [0.25, 0.3) is 6.43 Å². The van der Waals surface area contributed by atoms with Gasteiger partial charge in [0.15, 0.2) is 11.5 Å². The number of nitrogens with zero attached hydrogens (tertiary/aromatic N) is 6. The molecule has 31 heavy (non-hydrogen) atoms. The van der Waals surface area contributed by atoms with Crippen LogP contribution in [0.4, 0.5) is 19.0 Å². The fraction of sp³-hybridized carbons (Fsp3) is 0.450. The monoisotopic (exact) mass is 452 g/mol. The highest BCUT2D eigenvalue weighted by molar-refractivity contribution is 7.92. The number of imidazole rings is 1. The van der Waals surface area contributed by atoms with Gasteiger partial charge >= 0.3 is 0 Å². The highest BCUT2D eigenvalue weighted by Gasteiger charge is 2.27. The van der Waals surface area contributed by atoms with Gasteiger partial charge in [0, 0.05) is 40.9 Å². The van der Waals surface area contributed by atoms with E-state index in [1.807, 2.05) is 4.90 Å². The van der Waals surface area contributed by atoms with Crippen LogP contribution in [0, 0.1) is 11.7 Å². The van der Waals surface area contributed by atoms with E-state index in [2.05, 4.69) is 26.4 Å². The van der Waals surface area contributed by atoms with Crippen LogP contribution >= 0.6 is 0 Å². The van der Waals surface area contributed by atoms with Crippen LogP contribution in [-0.2, 0) is 9.73 Å². The zero-order chi connectivity index (χ0) is 22.3. The molecular formula is C20H23F3N6OS. The molecule has 4 rings (SSSR count). The van der Waals surface area contributed by atoms with Crippen LogP contribution < -0.4 is 4.90 Å². The second-order valence-corrected chi connectivity index (χ2v) is 10.8. The number of aromatic nitrogens is 4. The summed E-state index contributed by atoms with van der Waals surface area (Å²) in [5.74, 6) is 0.207. The summed E-state index contributed by atoms with van der Waals surface area (Å²) in [6.45, 7) is 3.29. The Balaban J connectivity index is 1.73. The number of piperidine rings is 1. The van der Waals surface area contributed by atoms with Crippen molar-refractivity contribution in [3.05, 3.63) is 42.1 Å². The molecule has 3 aromatic rings. The zero-order valence-corrected chi connectivity index (χ0v) is 18.2. The molecule has 0 aliphatic carbocycles. The summed E-state index contributed by atoms with van der Waals surface area (Å²) < 4.78 is 58.7. The topological polar surface area (TPSA) is 75.8 Å². The van der Waals surface area contributed by atoms with E-state index in [0.717, 1.165) is 12.6 Å². The van der Waals surface area contributed by atoms with Crippen LogP contribution in [0.15, 0.2) is 35.0 Å². The Hall–Kier alpha value is -2.69. The lowest BCUT2D eigenvalue weighted by atomic mass is 9.96. The van der Waals surface area contributed by atoms with Crippen molar-refractivity contribution >= 4 is 21.2 Å². The SMILES string of the molecule is CC1CC(N=S(C)(C)=O)CN(c2cc(-c3cnc4ccc(C(F)F)nn34)c(F)cn2)C1. The molecule has 0 saturated carbocycles. The number of anilines is 1. The van der Waals surface area contributed by atoms with Crippen LogP contribution in [0.1, 0.15) is 25.5 Å². The van der Waals surface area contributed by atoms with Gasteiger partial charge in [-0.2, -0.15) is 5.10 Å². The largest absolute Gasteiger partial charge is 0.354 e. The van der Waals surface area contributed by atoms with Crippen molar-refractivity contribution in [2.45, 2.75) is 25.8 Å². The molecule has 0 amide bonds. The number of pyridine rings is 1. The van der Waals surface area contributed by atoms with Gasteiger partial charge in [0.1, 0.15) is 11.5 Å². The third-order valence-corrected chi connectivity index (χ3v) is 5.89. The fourth-order valence-electron chi connectivity index (χ4n) is 3.93. The van der Waals surface area contributed by atoms with Crippen LogP contribution in [0.2, 0.25) is 0 Å². The average molecular weight is 453 g/mol. The molecular weight excluding hydrogens is 429 g/mol. The molecule has 1 fully saturated rings. The molecule has 11 heteroatoms. The molecule has 1 aliphatic heterocycles. The first kappa shape index (κ1) is 21.5. The normalized spacial score (nSPS) is 19.9. The molecule has 0 bridgehead atoms. The van der Waals surface area contributed by atoms with E-state index in [1.165, 1.54) is 22.8 Å². The maximum Gasteiger partial charge on any atom is 0.282 e. The third kappa shape index (κ3) is 4.65. The van der Waals surface area contributed by atoms with E-state index in [0.29, 0.717) is 24.6 Å². The van der Waals surface area contributed by atoms with E-state index in [-0.39, 0.29) is 23.2 Å². The van der Waals surface area contributed by atoms with Crippen molar-refractivity contribution in [3.8, 4) is 11.3 Å².